The fraction of sp³-hybridized carbons (Fsp3) is 0.133. The van der Waals surface area contributed by atoms with Crippen molar-refractivity contribution in [2.75, 3.05) is 0 Å². The highest BCUT2D eigenvalue weighted by atomic mass is 16.3. The topological polar surface area (TPSA) is 90.3 Å². The Bertz CT molecular complexity index is 804. The van der Waals surface area contributed by atoms with Gasteiger partial charge in [0.2, 0.25) is 5.91 Å². The van der Waals surface area contributed by atoms with E-state index in [2.05, 4.69) is 10.4 Å². The summed E-state index contributed by atoms with van der Waals surface area (Å²) in [6.07, 6.45) is 3.04. The van der Waals surface area contributed by atoms with Crippen LogP contribution in [0.5, 0.6) is 0 Å². The molecular weight excluding hydrogens is 286 g/mol. The van der Waals surface area contributed by atoms with Gasteiger partial charge in [-0.15, -0.1) is 0 Å². The smallest absolute Gasteiger partial charge is 0.267 e. The number of rotatable bonds is 5. The van der Waals surface area contributed by atoms with Crippen molar-refractivity contribution in [3.8, 4) is 11.5 Å². The molecule has 112 valence electrons. The number of furan rings is 2. The molecule has 1 N–H and O–H groups in total. The van der Waals surface area contributed by atoms with Crippen LogP contribution < -0.4 is 10.9 Å². The number of amides is 1. The highest BCUT2D eigenvalue weighted by Gasteiger charge is 2.09. The third kappa shape index (κ3) is 3.14. The van der Waals surface area contributed by atoms with Crippen molar-refractivity contribution in [2.45, 2.75) is 13.1 Å². The first-order valence-electron chi connectivity index (χ1n) is 6.63. The summed E-state index contributed by atoms with van der Waals surface area (Å²) < 4.78 is 11.4. The molecule has 0 spiro atoms. The third-order valence-electron chi connectivity index (χ3n) is 2.97. The zero-order valence-corrected chi connectivity index (χ0v) is 11.6. The van der Waals surface area contributed by atoms with Crippen molar-refractivity contribution in [3.63, 3.8) is 0 Å². The summed E-state index contributed by atoms with van der Waals surface area (Å²) in [6, 6.07) is 9.85. The number of carbonyl (C=O) groups is 1. The molecule has 0 bridgehead atoms. The van der Waals surface area contributed by atoms with Crippen LogP contribution in [0.25, 0.3) is 11.5 Å². The Hall–Kier alpha value is -3.09. The second-order valence-corrected chi connectivity index (χ2v) is 4.55. The average Bonchev–Trinajstić information content (AvgIpc) is 3.21. The van der Waals surface area contributed by atoms with Gasteiger partial charge < -0.3 is 14.2 Å². The normalized spacial score (nSPS) is 10.5. The van der Waals surface area contributed by atoms with E-state index in [9.17, 15) is 9.59 Å². The lowest BCUT2D eigenvalue weighted by atomic mass is 10.3. The van der Waals surface area contributed by atoms with E-state index in [-0.39, 0.29) is 24.6 Å². The van der Waals surface area contributed by atoms with Gasteiger partial charge in [-0.2, -0.15) is 5.10 Å². The Balaban J connectivity index is 1.70. The molecule has 3 aromatic heterocycles. The van der Waals surface area contributed by atoms with E-state index < -0.39 is 0 Å². The standard InChI is InChI=1S/C15H13N3O4/c19-14(16-9-11-3-1-7-21-11)10-18-15(20)6-5-12(17-18)13-4-2-8-22-13/h1-8H,9-10H2,(H,16,19). The Morgan fingerprint density at radius 1 is 1.14 bits per heavy atom. The van der Waals surface area contributed by atoms with Crippen molar-refractivity contribution in [3.05, 3.63) is 65.0 Å². The predicted molar refractivity (Wildman–Crippen MR) is 76.8 cm³/mol. The summed E-state index contributed by atoms with van der Waals surface area (Å²) in [6.45, 7) is 0.0898. The third-order valence-corrected chi connectivity index (χ3v) is 2.97. The molecule has 22 heavy (non-hydrogen) atoms. The average molecular weight is 299 g/mol. The Morgan fingerprint density at radius 2 is 1.95 bits per heavy atom. The molecular formula is C15H13N3O4. The van der Waals surface area contributed by atoms with Gasteiger partial charge in [-0.3, -0.25) is 9.59 Å². The van der Waals surface area contributed by atoms with E-state index in [1.165, 1.54) is 18.6 Å². The summed E-state index contributed by atoms with van der Waals surface area (Å²) in [5.74, 6) is 0.838. The van der Waals surface area contributed by atoms with Crippen LogP contribution >= 0.6 is 0 Å². The van der Waals surface area contributed by atoms with Crippen molar-refractivity contribution >= 4 is 5.91 Å². The lowest BCUT2D eigenvalue weighted by Crippen LogP contribution is -2.33. The molecule has 7 heteroatoms. The number of aromatic nitrogens is 2. The maximum absolute atomic E-state index is 11.9. The molecule has 7 nitrogen and oxygen atoms in total. The van der Waals surface area contributed by atoms with Gasteiger partial charge in [0.1, 0.15) is 18.0 Å². The molecule has 0 aromatic carbocycles. The van der Waals surface area contributed by atoms with Gasteiger partial charge in [0.05, 0.1) is 19.1 Å². The van der Waals surface area contributed by atoms with Crippen LogP contribution in [-0.4, -0.2) is 15.7 Å². The van der Waals surface area contributed by atoms with Gasteiger partial charge in [0, 0.05) is 6.07 Å². The second kappa shape index (κ2) is 6.13. The van der Waals surface area contributed by atoms with Crippen LogP contribution in [0.1, 0.15) is 5.76 Å². The molecule has 0 radical (unpaired) electrons. The first-order chi connectivity index (χ1) is 10.7. The lowest BCUT2D eigenvalue weighted by molar-refractivity contribution is -0.122. The molecule has 0 aliphatic heterocycles. The first kappa shape index (κ1) is 13.9. The molecule has 0 saturated heterocycles. The molecule has 0 saturated carbocycles. The maximum atomic E-state index is 11.9. The molecule has 3 aromatic rings. The molecule has 3 rings (SSSR count). The summed E-state index contributed by atoms with van der Waals surface area (Å²) in [7, 11) is 0. The Morgan fingerprint density at radius 3 is 2.68 bits per heavy atom. The second-order valence-electron chi connectivity index (χ2n) is 4.55. The van der Waals surface area contributed by atoms with Crippen molar-refractivity contribution in [1.82, 2.24) is 15.1 Å². The minimum atomic E-state index is -0.358. The highest BCUT2D eigenvalue weighted by molar-refractivity contribution is 5.75. The Kier molecular flexibility index (Phi) is 3.86. The number of hydrogen-bond donors (Lipinski definition) is 1. The summed E-state index contributed by atoms with van der Waals surface area (Å²) in [5.41, 5.74) is 0.131. The van der Waals surface area contributed by atoms with Gasteiger partial charge in [0.25, 0.3) is 5.56 Å². The van der Waals surface area contributed by atoms with Gasteiger partial charge in [-0.05, 0) is 30.3 Å². The van der Waals surface area contributed by atoms with Gasteiger partial charge in [-0.1, -0.05) is 0 Å². The van der Waals surface area contributed by atoms with E-state index in [1.54, 1.807) is 30.3 Å². The zero-order chi connectivity index (χ0) is 15.4. The van der Waals surface area contributed by atoms with Crippen LogP contribution in [0.2, 0.25) is 0 Å². The van der Waals surface area contributed by atoms with Crippen LogP contribution in [0, 0.1) is 0 Å². The van der Waals surface area contributed by atoms with Crippen molar-refractivity contribution in [2.24, 2.45) is 0 Å². The van der Waals surface area contributed by atoms with E-state index in [0.717, 1.165) is 4.68 Å². The maximum Gasteiger partial charge on any atom is 0.267 e. The largest absolute Gasteiger partial charge is 0.467 e. The molecule has 0 aliphatic rings. The summed E-state index contributed by atoms with van der Waals surface area (Å²) in [4.78, 5) is 23.7. The molecule has 3 heterocycles. The number of hydrogen-bond acceptors (Lipinski definition) is 5. The van der Waals surface area contributed by atoms with E-state index in [1.807, 2.05) is 0 Å². The highest BCUT2D eigenvalue weighted by Crippen LogP contribution is 2.14. The molecule has 0 atom stereocenters. The number of nitrogens with zero attached hydrogens (tertiary/aromatic N) is 2. The van der Waals surface area contributed by atoms with Crippen LogP contribution in [-0.2, 0) is 17.9 Å². The first-order valence-corrected chi connectivity index (χ1v) is 6.63. The van der Waals surface area contributed by atoms with Gasteiger partial charge in [-0.25, -0.2) is 4.68 Å². The van der Waals surface area contributed by atoms with E-state index in [4.69, 9.17) is 8.83 Å². The molecule has 0 unspecified atom stereocenters. The fourth-order valence-electron chi connectivity index (χ4n) is 1.91. The number of carbonyl (C=O) groups excluding carboxylic acids is 1. The van der Waals surface area contributed by atoms with Crippen LogP contribution in [0.15, 0.2) is 62.6 Å². The van der Waals surface area contributed by atoms with Crippen LogP contribution in [0.4, 0.5) is 0 Å². The molecule has 0 fully saturated rings. The van der Waals surface area contributed by atoms with E-state index in [0.29, 0.717) is 17.2 Å². The number of nitrogens with one attached hydrogen (secondary N) is 1. The van der Waals surface area contributed by atoms with Crippen molar-refractivity contribution < 1.29 is 13.6 Å². The quantitative estimate of drug-likeness (QED) is 0.769. The van der Waals surface area contributed by atoms with Gasteiger partial charge >= 0.3 is 0 Å². The lowest BCUT2D eigenvalue weighted by Gasteiger charge is -2.06. The monoisotopic (exact) mass is 299 g/mol. The minimum Gasteiger partial charge on any atom is -0.467 e. The summed E-state index contributed by atoms with van der Waals surface area (Å²) in [5, 5.41) is 6.79. The van der Waals surface area contributed by atoms with Gasteiger partial charge in [0.15, 0.2) is 5.76 Å². The van der Waals surface area contributed by atoms with E-state index >= 15 is 0 Å². The molecule has 1 amide bonds. The predicted octanol–water partition coefficient (Wildman–Crippen LogP) is 1.41. The molecule has 0 aliphatic carbocycles. The minimum absolute atomic E-state index is 0.173. The fourth-order valence-corrected chi connectivity index (χ4v) is 1.91. The van der Waals surface area contributed by atoms with Crippen LogP contribution in [0.3, 0.4) is 0 Å². The zero-order valence-electron chi connectivity index (χ0n) is 11.6. The van der Waals surface area contributed by atoms with Crippen molar-refractivity contribution in [1.29, 1.82) is 0 Å². The Labute approximate surface area is 125 Å². The SMILES string of the molecule is O=C(Cn1nc(-c2ccco2)ccc1=O)NCc1ccco1. The summed E-state index contributed by atoms with van der Waals surface area (Å²) >= 11 is 0.